The number of hydrogen-bond donors (Lipinski definition) is 1. The molecule has 1 aliphatic rings. The number of nitrogens with two attached hydrogens (primary N) is 1. The van der Waals surface area contributed by atoms with Crippen LogP contribution in [-0.2, 0) is 16.1 Å². The Bertz CT molecular complexity index is 478. The second kappa shape index (κ2) is 7.43. The highest BCUT2D eigenvalue weighted by Crippen LogP contribution is 2.15. The second-order valence-corrected chi connectivity index (χ2v) is 5.49. The number of piperidine rings is 1. The molecule has 1 amide bonds. The van der Waals surface area contributed by atoms with E-state index in [1.165, 1.54) is 0 Å². The Morgan fingerprint density at radius 3 is 3.05 bits per heavy atom. The molecule has 0 saturated carbocycles. The lowest BCUT2D eigenvalue weighted by atomic mass is 10.1. The van der Waals surface area contributed by atoms with E-state index < -0.39 is 6.10 Å². The molecule has 1 saturated heterocycles. The fourth-order valence-corrected chi connectivity index (χ4v) is 2.52. The Morgan fingerprint density at radius 2 is 2.33 bits per heavy atom. The number of ether oxygens (including phenoxy) is 2. The van der Waals surface area contributed by atoms with E-state index in [9.17, 15) is 4.79 Å². The highest BCUT2D eigenvalue weighted by Gasteiger charge is 2.25. The summed E-state index contributed by atoms with van der Waals surface area (Å²) in [5.74, 6) is 0.810. The first kappa shape index (κ1) is 15.8. The van der Waals surface area contributed by atoms with E-state index >= 15 is 0 Å². The average Bonchev–Trinajstić information content (AvgIpc) is 2.52. The molecule has 5 nitrogen and oxygen atoms in total. The van der Waals surface area contributed by atoms with Crippen molar-refractivity contribution in [2.45, 2.75) is 38.5 Å². The molecule has 1 heterocycles. The molecule has 1 aromatic rings. The summed E-state index contributed by atoms with van der Waals surface area (Å²) in [6, 6.07) is 7.75. The summed E-state index contributed by atoms with van der Waals surface area (Å²) in [7, 11) is 1.63. The predicted octanol–water partition coefficient (Wildman–Crippen LogP) is 1.55. The summed E-state index contributed by atoms with van der Waals surface area (Å²) >= 11 is 0. The molecule has 2 rings (SSSR count). The summed E-state index contributed by atoms with van der Waals surface area (Å²) in [6.45, 7) is 3.59. The normalized spacial score (nSPS) is 20.1. The SMILES string of the molecule is COc1cccc(COC(C)C(=O)N2CCCC(N)C2)c1. The topological polar surface area (TPSA) is 64.8 Å². The van der Waals surface area contributed by atoms with Gasteiger partial charge in [-0.15, -0.1) is 0 Å². The number of benzene rings is 1. The lowest BCUT2D eigenvalue weighted by Crippen LogP contribution is -2.49. The Hall–Kier alpha value is -1.59. The number of hydrogen-bond acceptors (Lipinski definition) is 4. The average molecular weight is 292 g/mol. The van der Waals surface area contributed by atoms with E-state index in [1.54, 1.807) is 14.0 Å². The van der Waals surface area contributed by atoms with Crippen LogP contribution in [0, 0.1) is 0 Å². The van der Waals surface area contributed by atoms with Gasteiger partial charge in [-0.05, 0) is 37.5 Å². The first-order valence-corrected chi connectivity index (χ1v) is 7.39. The number of carbonyl (C=O) groups excluding carboxylic acids is 1. The Morgan fingerprint density at radius 1 is 1.52 bits per heavy atom. The zero-order valence-electron chi connectivity index (χ0n) is 12.7. The van der Waals surface area contributed by atoms with Gasteiger partial charge in [0.25, 0.3) is 5.91 Å². The van der Waals surface area contributed by atoms with Crippen molar-refractivity contribution in [3.63, 3.8) is 0 Å². The third-order valence-corrected chi connectivity index (χ3v) is 3.75. The molecule has 1 aromatic carbocycles. The standard InChI is InChI=1S/C16H24N2O3/c1-12(16(19)18-8-4-6-14(17)10-18)21-11-13-5-3-7-15(9-13)20-2/h3,5,7,9,12,14H,4,6,8,10-11,17H2,1-2H3. The van der Waals surface area contributed by atoms with Gasteiger partial charge in [0.1, 0.15) is 11.9 Å². The zero-order valence-corrected chi connectivity index (χ0v) is 12.7. The molecule has 0 bridgehead atoms. The van der Waals surface area contributed by atoms with Crippen LogP contribution in [0.2, 0.25) is 0 Å². The third kappa shape index (κ3) is 4.44. The van der Waals surface area contributed by atoms with Crippen LogP contribution in [0.5, 0.6) is 5.75 Å². The summed E-state index contributed by atoms with van der Waals surface area (Å²) in [5.41, 5.74) is 6.90. The summed E-state index contributed by atoms with van der Waals surface area (Å²) < 4.78 is 10.9. The number of carbonyl (C=O) groups is 1. The molecular weight excluding hydrogens is 268 g/mol. The predicted molar refractivity (Wildman–Crippen MR) is 81.0 cm³/mol. The van der Waals surface area contributed by atoms with Gasteiger partial charge in [0.05, 0.1) is 13.7 Å². The van der Waals surface area contributed by atoms with Crippen LogP contribution in [0.3, 0.4) is 0 Å². The minimum Gasteiger partial charge on any atom is -0.497 e. The Balaban J connectivity index is 1.85. The number of likely N-dealkylation sites (tertiary alicyclic amines) is 1. The van der Waals surface area contributed by atoms with Crippen molar-refractivity contribution >= 4 is 5.91 Å². The highest BCUT2D eigenvalue weighted by molar-refractivity contribution is 5.80. The first-order valence-electron chi connectivity index (χ1n) is 7.39. The van der Waals surface area contributed by atoms with Gasteiger partial charge in [-0.3, -0.25) is 4.79 Å². The fourth-order valence-electron chi connectivity index (χ4n) is 2.52. The van der Waals surface area contributed by atoms with Crippen molar-refractivity contribution in [2.24, 2.45) is 5.73 Å². The molecule has 2 atom stereocenters. The van der Waals surface area contributed by atoms with Gasteiger partial charge in [0.15, 0.2) is 0 Å². The monoisotopic (exact) mass is 292 g/mol. The van der Waals surface area contributed by atoms with Gasteiger partial charge in [-0.2, -0.15) is 0 Å². The van der Waals surface area contributed by atoms with Crippen molar-refractivity contribution in [3.05, 3.63) is 29.8 Å². The Labute approximate surface area is 126 Å². The molecule has 0 spiro atoms. The van der Waals surface area contributed by atoms with Crippen molar-refractivity contribution < 1.29 is 14.3 Å². The quantitative estimate of drug-likeness (QED) is 0.894. The van der Waals surface area contributed by atoms with Gasteiger partial charge in [0.2, 0.25) is 0 Å². The largest absolute Gasteiger partial charge is 0.497 e. The van der Waals surface area contributed by atoms with Crippen molar-refractivity contribution in [1.82, 2.24) is 4.90 Å². The maximum atomic E-state index is 12.3. The van der Waals surface area contributed by atoms with Gasteiger partial charge in [-0.25, -0.2) is 0 Å². The fraction of sp³-hybridized carbons (Fsp3) is 0.562. The molecule has 5 heteroatoms. The smallest absolute Gasteiger partial charge is 0.251 e. The minimum absolute atomic E-state index is 0.0213. The molecule has 1 aliphatic heterocycles. The molecule has 0 aromatic heterocycles. The van der Waals surface area contributed by atoms with Crippen LogP contribution >= 0.6 is 0 Å². The van der Waals surface area contributed by atoms with Gasteiger partial charge in [0, 0.05) is 19.1 Å². The van der Waals surface area contributed by atoms with E-state index in [-0.39, 0.29) is 11.9 Å². The summed E-state index contributed by atoms with van der Waals surface area (Å²) in [5, 5.41) is 0. The van der Waals surface area contributed by atoms with Crippen molar-refractivity contribution in [1.29, 1.82) is 0 Å². The number of nitrogens with zero attached hydrogens (tertiary/aromatic N) is 1. The van der Waals surface area contributed by atoms with Gasteiger partial charge in [-0.1, -0.05) is 12.1 Å². The molecule has 2 unspecified atom stereocenters. The van der Waals surface area contributed by atoms with E-state index in [4.69, 9.17) is 15.2 Å². The van der Waals surface area contributed by atoms with Crippen LogP contribution in [0.4, 0.5) is 0 Å². The minimum atomic E-state index is -0.457. The number of amides is 1. The lowest BCUT2D eigenvalue weighted by Gasteiger charge is -2.32. The van der Waals surface area contributed by atoms with Crippen LogP contribution in [0.15, 0.2) is 24.3 Å². The summed E-state index contributed by atoms with van der Waals surface area (Å²) in [6.07, 6.45) is 1.50. The molecule has 21 heavy (non-hydrogen) atoms. The van der Waals surface area contributed by atoms with Crippen LogP contribution < -0.4 is 10.5 Å². The van der Waals surface area contributed by atoms with E-state index in [1.807, 2.05) is 29.2 Å². The highest BCUT2D eigenvalue weighted by atomic mass is 16.5. The molecule has 0 radical (unpaired) electrons. The van der Waals surface area contributed by atoms with E-state index in [2.05, 4.69) is 0 Å². The van der Waals surface area contributed by atoms with Crippen LogP contribution in [0.25, 0.3) is 0 Å². The zero-order chi connectivity index (χ0) is 15.2. The first-order chi connectivity index (χ1) is 10.1. The molecular formula is C16H24N2O3. The molecule has 2 N–H and O–H groups in total. The maximum absolute atomic E-state index is 12.3. The molecule has 1 fully saturated rings. The third-order valence-electron chi connectivity index (χ3n) is 3.75. The van der Waals surface area contributed by atoms with Crippen molar-refractivity contribution in [2.75, 3.05) is 20.2 Å². The van der Waals surface area contributed by atoms with Crippen LogP contribution in [0.1, 0.15) is 25.3 Å². The maximum Gasteiger partial charge on any atom is 0.251 e. The Kier molecular flexibility index (Phi) is 5.59. The van der Waals surface area contributed by atoms with E-state index in [0.717, 1.165) is 30.7 Å². The van der Waals surface area contributed by atoms with Crippen LogP contribution in [-0.4, -0.2) is 43.2 Å². The molecule has 0 aliphatic carbocycles. The molecule has 116 valence electrons. The summed E-state index contributed by atoms with van der Waals surface area (Å²) in [4.78, 5) is 14.1. The van der Waals surface area contributed by atoms with Gasteiger partial charge < -0.3 is 20.1 Å². The van der Waals surface area contributed by atoms with Gasteiger partial charge >= 0.3 is 0 Å². The van der Waals surface area contributed by atoms with Crippen molar-refractivity contribution in [3.8, 4) is 5.75 Å². The second-order valence-electron chi connectivity index (χ2n) is 5.49. The number of methoxy groups -OCH3 is 1. The lowest BCUT2D eigenvalue weighted by molar-refractivity contribution is -0.144. The van der Waals surface area contributed by atoms with E-state index in [0.29, 0.717) is 13.2 Å². The number of rotatable bonds is 5.